The average Bonchev–Trinajstić information content (AvgIpc) is 2.96. The second kappa shape index (κ2) is 7.30. The van der Waals surface area contributed by atoms with Crippen LogP contribution in [-0.4, -0.2) is 21.6 Å². The Morgan fingerprint density at radius 3 is 2.84 bits per heavy atom. The molecule has 25 heavy (non-hydrogen) atoms. The lowest BCUT2D eigenvalue weighted by atomic mass is 10.3. The maximum absolute atomic E-state index is 12.0. The number of hydrogen-bond donors (Lipinski definition) is 1. The van der Waals surface area contributed by atoms with Crippen molar-refractivity contribution in [1.29, 1.82) is 0 Å². The highest BCUT2D eigenvalue weighted by Gasteiger charge is 2.14. The summed E-state index contributed by atoms with van der Waals surface area (Å²) < 4.78 is 5.50. The van der Waals surface area contributed by atoms with E-state index in [-0.39, 0.29) is 22.2 Å². The first-order valence-electron chi connectivity index (χ1n) is 6.85. The van der Waals surface area contributed by atoms with Gasteiger partial charge in [-0.25, -0.2) is 4.98 Å². The number of nitro benzene ring substituents is 1. The summed E-state index contributed by atoms with van der Waals surface area (Å²) in [5, 5.41) is 14.4. The fourth-order valence-electron chi connectivity index (χ4n) is 1.98. The zero-order valence-electron chi connectivity index (χ0n) is 12.4. The fraction of sp³-hybridized carbons (Fsp3) is 0.0667. The third-order valence-corrected chi connectivity index (χ3v) is 4.48. The Hall–Kier alpha value is -2.29. The van der Waals surface area contributed by atoms with E-state index < -0.39 is 10.8 Å². The van der Waals surface area contributed by atoms with Gasteiger partial charge in [0.05, 0.1) is 21.4 Å². The van der Waals surface area contributed by atoms with Gasteiger partial charge in [0.2, 0.25) is 5.91 Å². The van der Waals surface area contributed by atoms with E-state index in [4.69, 9.17) is 27.6 Å². The van der Waals surface area contributed by atoms with Gasteiger partial charge in [0.25, 0.3) is 10.9 Å². The van der Waals surface area contributed by atoms with E-state index in [2.05, 4.69) is 10.3 Å². The van der Waals surface area contributed by atoms with Gasteiger partial charge in [-0.1, -0.05) is 35.0 Å². The number of non-ortho nitro benzene ring substituents is 1. The first-order valence-corrected chi connectivity index (χ1v) is 8.59. The van der Waals surface area contributed by atoms with Gasteiger partial charge in [0.1, 0.15) is 5.52 Å². The number of hydrogen-bond acceptors (Lipinski definition) is 6. The summed E-state index contributed by atoms with van der Waals surface area (Å²) in [5.41, 5.74) is 1.17. The molecule has 3 rings (SSSR count). The SMILES string of the molecule is O=C(CSc1nc2cc(Cl)ccc2o1)Nc1cc([N+](=O)[O-])ccc1Cl. The van der Waals surface area contributed by atoms with Crippen molar-refractivity contribution in [2.45, 2.75) is 5.22 Å². The molecule has 1 N–H and O–H groups in total. The summed E-state index contributed by atoms with van der Waals surface area (Å²) in [6.45, 7) is 0. The number of anilines is 1. The number of nitro groups is 1. The van der Waals surface area contributed by atoms with Crippen molar-refractivity contribution in [3.8, 4) is 0 Å². The van der Waals surface area contributed by atoms with Gasteiger partial charge in [-0.2, -0.15) is 0 Å². The third-order valence-electron chi connectivity index (χ3n) is 3.09. The van der Waals surface area contributed by atoms with Crippen LogP contribution >= 0.6 is 35.0 Å². The van der Waals surface area contributed by atoms with Crippen LogP contribution in [0.2, 0.25) is 10.0 Å². The molecule has 2 aromatic carbocycles. The fourth-order valence-corrected chi connectivity index (χ4v) is 2.95. The highest BCUT2D eigenvalue weighted by Crippen LogP contribution is 2.28. The molecule has 0 radical (unpaired) electrons. The standard InChI is InChI=1S/C15H9Cl2N3O4S/c16-8-1-4-13-12(5-8)19-15(24-13)25-7-14(21)18-11-6-9(20(22)23)2-3-10(11)17/h1-6H,7H2,(H,18,21). The highest BCUT2D eigenvalue weighted by atomic mass is 35.5. The number of fused-ring (bicyclic) bond motifs is 1. The Kier molecular flexibility index (Phi) is 5.12. The number of carbonyl (C=O) groups is 1. The van der Waals surface area contributed by atoms with E-state index in [1.807, 2.05) is 0 Å². The zero-order chi connectivity index (χ0) is 18.0. The van der Waals surface area contributed by atoms with E-state index in [9.17, 15) is 14.9 Å². The van der Waals surface area contributed by atoms with Gasteiger partial charge in [-0.05, 0) is 24.3 Å². The smallest absolute Gasteiger partial charge is 0.271 e. The van der Waals surface area contributed by atoms with Crippen molar-refractivity contribution in [2.24, 2.45) is 0 Å². The number of nitrogens with zero attached hydrogens (tertiary/aromatic N) is 2. The molecule has 128 valence electrons. The lowest BCUT2D eigenvalue weighted by molar-refractivity contribution is -0.384. The minimum atomic E-state index is -0.565. The highest BCUT2D eigenvalue weighted by molar-refractivity contribution is 7.99. The lowest BCUT2D eigenvalue weighted by Crippen LogP contribution is -2.14. The first-order chi connectivity index (χ1) is 11.9. The molecule has 7 nitrogen and oxygen atoms in total. The lowest BCUT2D eigenvalue weighted by Gasteiger charge is -2.06. The molecule has 0 saturated heterocycles. The largest absolute Gasteiger partial charge is 0.431 e. The summed E-state index contributed by atoms with van der Waals surface area (Å²) >= 11 is 12.9. The van der Waals surface area contributed by atoms with Gasteiger partial charge < -0.3 is 9.73 Å². The Labute approximate surface area is 155 Å². The molecule has 0 saturated carbocycles. The van der Waals surface area contributed by atoms with Crippen LogP contribution in [0.4, 0.5) is 11.4 Å². The van der Waals surface area contributed by atoms with Crippen LogP contribution in [0.5, 0.6) is 0 Å². The predicted octanol–water partition coefficient (Wildman–Crippen LogP) is 4.77. The number of amides is 1. The van der Waals surface area contributed by atoms with Crippen LogP contribution in [0.25, 0.3) is 11.1 Å². The van der Waals surface area contributed by atoms with Crippen LogP contribution in [0.3, 0.4) is 0 Å². The molecular formula is C15H9Cl2N3O4S. The van der Waals surface area contributed by atoms with Gasteiger partial charge >= 0.3 is 0 Å². The number of benzene rings is 2. The summed E-state index contributed by atoms with van der Waals surface area (Å²) in [6, 6.07) is 8.85. The van der Waals surface area contributed by atoms with Crippen molar-refractivity contribution in [3.63, 3.8) is 0 Å². The summed E-state index contributed by atoms with van der Waals surface area (Å²) in [6.07, 6.45) is 0. The average molecular weight is 398 g/mol. The Balaban J connectivity index is 1.66. The number of carbonyl (C=O) groups excluding carboxylic acids is 1. The second-order valence-corrected chi connectivity index (χ2v) is 6.62. The van der Waals surface area contributed by atoms with Crippen LogP contribution in [-0.2, 0) is 4.79 Å². The van der Waals surface area contributed by atoms with Crippen molar-refractivity contribution < 1.29 is 14.1 Å². The van der Waals surface area contributed by atoms with E-state index in [0.717, 1.165) is 11.8 Å². The summed E-state index contributed by atoms with van der Waals surface area (Å²) in [5.74, 6) is -0.396. The summed E-state index contributed by atoms with van der Waals surface area (Å²) in [7, 11) is 0. The number of halogens is 2. The molecule has 0 aliphatic carbocycles. The number of oxazole rings is 1. The third kappa shape index (κ3) is 4.22. The van der Waals surface area contributed by atoms with Crippen molar-refractivity contribution in [2.75, 3.05) is 11.1 Å². The Bertz CT molecular complexity index is 977. The van der Waals surface area contributed by atoms with Crippen LogP contribution in [0.15, 0.2) is 46.0 Å². The molecule has 0 aliphatic rings. The molecule has 1 amide bonds. The number of aromatic nitrogens is 1. The number of thioether (sulfide) groups is 1. The zero-order valence-corrected chi connectivity index (χ0v) is 14.7. The minimum absolute atomic E-state index is 0.000422. The van der Waals surface area contributed by atoms with E-state index >= 15 is 0 Å². The van der Waals surface area contributed by atoms with E-state index in [1.165, 1.54) is 18.2 Å². The molecule has 1 heterocycles. The molecule has 10 heteroatoms. The molecule has 0 aliphatic heterocycles. The van der Waals surface area contributed by atoms with Crippen molar-refractivity contribution in [3.05, 3.63) is 56.6 Å². The van der Waals surface area contributed by atoms with Gasteiger partial charge in [0.15, 0.2) is 5.58 Å². The molecule has 0 spiro atoms. The van der Waals surface area contributed by atoms with Gasteiger partial charge in [0, 0.05) is 17.2 Å². The topological polar surface area (TPSA) is 98.3 Å². The van der Waals surface area contributed by atoms with E-state index in [0.29, 0.717) is 21.3 Å². The minimum Gasteiger partial charge on any atom is -0.431 e. The maximum atomic E-state index is 12.0. The molecule has 0 unspecified atom stereocenters. The molecule has 3 aromatic rings. The van der Waals surface area contributed by atoms with Gasteiger partial charge in [-0.3, -0.25) is 14.9 Å². The number of rotatable bonds is 5. The molecule has 0 fully saturated rings. The monoisotopic (exact) mass is 397 g/mol. The predicted molar refractivity (Wildman–Crippen MR) is 96.5 cm³/mol. The normalized spacial score (nSPS) is 10.8. The Morgan fingerprint density at radius 2 is 2.08 bits per heavy atom. The molecule has 0 bridgehead atoms. The Morgan fingerprint density at radius 1 is 1.28 bits per heavy atom. The quantitative estimate of drug-likeness (QED) is 0.378. The molecule has 1 aromatic heterocycles. The van der Waals surface area contributed by atoms with Crippen molar-refractivity contribution in [1.82, 2.24) is 4.98 Å². The first kappa shape index (κ1) is 17.5. The summed E-state index contributed by atoms with van der Waals surface area (Å²) in [4.78, 5) is 26.5. The van der Waals surface area contributed by atoms with Crippen LogP contribution < -0.4 is 5.32 Å². The molecule has 0 atom stereocenters. The van der Waals surface area contributed by atoms with Gasteiger partial charge in [-0.15, -0.1) is 0 Å². The maximum Gasteiger partial charge on any atom is 0.271 e. The molecular weight excluding hydrogens is 389 g/mol. The second-order valence-electron chi connectivity index (χ2n) is 4.85. The van der Waals surface area contributed by atoms with Crippen LogP contribution in [0, 0.1) is 10.1 Å². The van der Waals surface area contributed by atoms with E-state index in [1.54, 1.807) is 18.2 Å². The number of nitrogens with one attached hydrogen (secondary N) is 1. The van der Waals surface area contributed by atoms with Crippen molar-refractivity contribution >= 4 is 63.3 Å². The van der Waals surface area contributed by atoms with Crippen LogP contribution in [0.1, 0.15) is 0 Å².